The molecule has 2 aromatic rings. The first-order valence-corrected chi connectivity index (χ1v) is 7.85. The third kappa shape index (κ3) is 4.22. The lowest BCUT2D eigenvalue weighted by atomic mass is 9.90. The highest BCUT2D eigenvalue weighted by atomic mass is 19.4. The summed E-state index contributed by atoms with van der Waals surface area (Å²) in [6.07, 6.45) is -4.45. The van der Waals surface area contributed by atoms with Gasteiger partial charge in [-0.25, -0.2) is 0 Å². The number of hydrogen-bond donors (Lipinski definition) is 1. The number of carbonyl (C=O) groups is 2. The van der Waals surface area contributed by atoms with Crippen LogP contribution < -0.4 is 10.2 Å². The SMILES string of the molecule is CN(C(=O)C(C)(C)C(=O)Nc1ccc(C(F)(F)F)cc1)c1ccccc1. The van der Waals surface area contributed by atoms with E-state index in [1.54, 1.807) is 31.3 Å². The zero-order valence-corrected chi connectivity index (χ0v) is 14.6. The van der Waals surface area contributed by atoms with Gasteiger partial charge in [-0.3, -0.25) is 9.59 Å². The van der Waals surface area contributed by atoms with Crippen LogP contribution in [0.4, 0.5) is 24.5 Å². The average Bonchev–Trinajstić information content (AvgIpc) is 2.60. The molecule has 138 valence electrons. The first kappa shape index (κ1) is 19.5. The Morgan fingerprint density at radius 2 is 1.46 bits per heavy atom. The summed E-state index contributed by atoms with van der Waals surface area (Å²) < 4.78 is 37.8. The van der Waals surface area contributed by atoms with E-state index < -0.39 is 29.0 Å². The number of anilines is 2. The van der Waals surface area contributed by atoms with Crippen molar-refractivity contribution in [1.29, 1.82) is 0 Å². The van der Waals surface area contributed by atoms with Gasteiger partial charge in [-0.15, -0.1) is 0 Å². The number of para-hydroxylation sites is 1. The number of alkyl halides is 3. The minimum absolute atomic E-state index is 0.186. The number of carbonyl (C=O) groups excluding carboxylic acids is 2. The molecule has 0 aromatic heterocycles. The molecule has 0 aliphatic rings. The van der Waals surface area contributed by atoms with Crippen LogP contribution >= 0.6 is 0 Å². The van der Waals surface area contributed by atoms with Gasteiger partial charge in [-0.2, -0.15) is 13.2 Å². The molecule has 0 aliphatic heterocycles. The molecule has 0 unspecified atom stereocenters. The van der Waals surface area contributed by atoms with E-state index in [9.17, 15) is 22.8 Å². The maximum absolute atomic E-state index is 12.7. The molecule has 0 spiro atoms. The molecule has 0 saturated heterocycles. The van der Waals surface area contributed by atoms with Crippen molar-refractivity contribution in [3.63, 3.8) is 0 Å². The second kappa shape index (κ2) is 7.19. The summed E-state index contributed by atoms with van der Waals surface area (Å²) in [5.41, 5.74) is -1.40. The largest absolute Gasteiger partial charge is 0.416 e. The fraction of sp³-hybridized carbons (Fsp3) is 0.263. The standard InChI is InChI=1S/C19H19F3N2O2/c1-18(2,17(26)24(3)15-7-5-4-6-8-15)16(25)23-14-11-9-13(10-12-14)19(20,21)22/h4-12H,1-3H3,(H,23,25). The van der Waals surface area contributed by atoms with Gasteiger partial charge < -0.3 is 10.2 Å². The highest BCUT2D eigenvalue weighted by Gasteiger charge is 2.38. The van der Waals surface area contributed by atoms with Crippen LogP contribution in [-0.2, 0) is 15.8 Å². The molecular formula is C19H19F3N2O2. The van der Waals surface area contributed by atoms with Crippen molar-refractivity contribution in [2.45, 2.75) is 20.0 Å². The Bertz CT molecular complexity index is 785. The summed E-state index contributed by atoms with van der Waals surface area (Å²) in [5, 5.41) is 2.49. The molecule has 1 N–H and O–H groups in total. The molecule has 7 heteroatoms. The number of nitrogens with zero attached hydrogens (tertiary/aromatic N) is 1. The summed E-state index contributed by atoms with van der Waals surface area (Å²) in [6.45, 7) is 2.93. The fourth-order valence-corrected chi connectivity index (χ4v) is 2.32. The second-order valence-electron chi connectivity index (χ2n) is 6.35. The Hall–Kier alpha value is -2.83. The lowest BCUT2D eigenvalue weighted by Crippen LogP contribution is -2.46. The number of rotatable bonds is 4. The Kier molecular flexibility index (Phi) is 5.39. The Morgan fingerprint density at radius 3 is 1.96 bits per heavy atom. The van der Waals surface area contributed by atoms with Gasteiger partial charge in [0.15, 0.2) is 0 Å². The quantitative estimate of drug-likeness (QED) is 0.821. The highest BCUT2D eigenvalue weighted by molar-refractivity contribution is 6.14. The van der Waals surface area contributed by atoms with Crippen LogP contribution in [0.5, 0.6) is 0 Å². The van der Waals surface area contributed by atoms with Crippen LogP contribution in [0.3, 0.4) is 0 Å². The Morgan fingerprint density at radius 1 is 0.923 bits per heavy atom. The van der Waals surface area contributed by atoms with Crippen LogP contribution in [0.25, 0.3) is 0 Å². The summed E-state index contributed by atoms with van der Waals surface area (Å²) in [6, 6.07) is 12.9. The molecule has 0 fully saturated rings. The lowest BCUT2D eigenvalue weighted by Gasteiger charge is -2.28. The summed E-state index contributed by atoms with van der Waals surface area (Å²) >= 11 is 0. The summed E-state index contributed by atoms with van der Waals surface area (Å²) in [5.74, 6) is -1.04. The van der Waals surface area contributed by atoms with Gasteiger partial charge in [-0.1, -0.05) is 18.2 Å². The third-order valence-electron chi connectivity index (χ3n) is 4.02. The van der Waals surface area contributed by atoms with Crippen molar-refractivity contribution in [1.82, 2.24) is 0 Å². The maximum atomic E-state index is 12.7. The molecule has 4 nitrogen and oxygen atoms in total. The van der Waals surface area contributed by atoms with Gasteiger partial charge in [-0.05, 0) is 50.2 Å². The van der Waals surface area contributed by atoms with Gasteiger partial charge >= 0.3 is 6.18 Å². The normalized spacial score (nSPS) is 11.8. The zero-order chi connectivity index (χ0) is 19.5. The predicted molar refractivity (Wildman–Crippen MR) is 93.7 cm³/mol. The van der Waals surface area contributed by atoms with Crippen LogP contribution in [0.15, 0.2) is 54.6 Å². The lowest BCUT2D eigenvalue weighted by molar-refractivity contribution is -0.138. The Balaban J connectivity index is 2.13. The van der Waals surface area contributed by atoms with Crippen molar-refractivity contribution in [2.24, 2.45) is 5.41 Å². The first-order valence-electron chi connectivity index (χ1n) is 7.85. The average molecular weight is 364 g/mol. The highest BCUT2D eigenvalue weighted by Crippen LogP contribution is 2.30. The van der Waals surface area contributed by atoms with E-state index in [4.69, 9.17) is 0 Å². The Labute approximate surface area is 149 Å². The molecule has 26 heavy (non-hydrogen) atoms. The molecule has 0 bridgehead atoms. The van der Waals surface area contributed by atoms with E-state index in [2.05, 4.69) is 5.32 Å². The van der Waals surface area contributed by atoms with Crippen molar-refractivity contribution < 1.29 is 22.8 Å². The van der Waals surface area contributed by atoms with E-state index in [-0.39, 0.29) is 5.69 Å². The van der Waals surface area contributed by atoms with E-state index in [1.807, 2.05) is 6.07 Å². The van der Waals surface area contributed by atoms with Gasteiger partial charge in [0.25, 0.3) is 0 Å². The van der Waals surface area contributed by atoms with Gasteiger partial charge in [0.2, 0.25) is 11.8 Å². The molecule has 2 amide bonds. The van der Waals surface area contributed by atoms with Gasteiger partial charge in [0.05, 0.1) is 5.56 Å². The summed E-state index contributed by atoms with van der Waals surface area (Å²) in [7, 11) is 1.56. The van der Waals surface area contributed by atoms with Crippen molar-refractivity contribution in [3.05, 3.63) is 60.2 Å². The zero-order valence-electron chi connectivity index (χ0n) is 14.6. The summed E-state index contributed by atoms with van der Waals surface area (Å²) in [4.78, 5) is 26.6. The third-order valence-corrected chi connectivity index (χ3v) is 4.02. The van der Waals surface area contributed by atoms with Crippen molar-refractivity contribution >= 4 is 23.2 Å². The first-order chi connectivity index (χ1) is 12.0. The van der Waals surface area contributed by atoms with Crippen LogP contribution in [0, 0.1) is 5.41 Å². The van der Waals surface area contributed by atoms with E-state index in [0.717, 1.165) is 24.3 Å². The number of hydrogen-bond acceptors (Lipinski definition) is 2. The predicted octanol–water partition coefficient (Wildman–Crippen LogP) is 4.33. The molecule has 0 radical (unpaired) electrons. The topological polar surface area (TPSA) is 49.4 Å². The van der Waals surface area contributed by atoms with E-state index >= 15 is 0 Å². The molecule has 2 aromatic carbocycles. The monoisotopic (exact) mass is 364 g/mol. The molecule has 0 atom stereocenters. The van der Waals surface area contributed by atoms with Crippen LogP contribution in [-0.4, -0.2) is 18.9 Å². The minimum Gasteiger partial charge on any atom is -0.325 e. The number of amides is 2. The molecule has 0 saturated carbocycles. The van der Waals surface area contributed by atoms with Crippen LogP contribution in [0.2, 0.25) is 0 Å². The van der Waals surface area contributed by atoms with E-state index in [1.165, 1.54) is 18.7 Å². The molecular weight excluding hydrogens is 345 g/mol. The molecule has 0 aliphatic carbocycles. The molecule has 2 rings (SSSR count). The minimum atomic E-state index is -4.45. The second-order valence-corrected chi connectivity index (χ2v) is 6.35. The van der Waals surface area contributed by atoms with Crippen LogP contribution in [0.1, 0.15) is 19.4 Å². The van der Waals surface area contributed by atoms with E-state index in [0.29, 0.717) is 5.69 Å². The van der Waals surface area contributed by atoms with Crippen molar-refractivity contribution in [3.8, 4) is 0 Å². The number of benzene rings is 2. The van der Waals surface area contributed by atoms with Gasteiger partial charge in [0.1, 0.15) is 5.41 Å². The van der Waals surface area contributed by atoms with Gasteiger partial charge in [0, 0.05) is 18.4 Å². The number of halogens is 3. The molecule has 0 heterocycles. The smallest absolute Gasteiger partial charge is 0.325 e. The fourth-order valence-electron chi connectivity index (χ4n) is 2.32. The number of nitrogens with one attached hydrogen (secondary N) is 1. The van der Waals surface area contributed by atoms with Crippen molar-refractivity contribution in [2.75, 3.05) is 17.3 Å². The maximum Gasteiger partial charge on any atom is 0.416 e.